The second-order valence-corrected chi connectivity index (χ2v) is 9.50. The van der Waals surface area contributed by atoms with Gasteiger partial charge in [0.15, 0.2) is 20.5 Å². The van der Waals surface area contributed by atoms with Crippen LogP contribution in [0.5, 0.6) is 0 Å². The SMILES string of the molecule is COC(=O)Cn1c(=NC(=O)CS(=O)(=O)CC(=O)Nc2cc(C)on2)sc2ccccc21. The third-order valence-corrected chi connectivity index (χ3v) is 6.36. The smallest absolute Gasteiger partial charge is 0.325 e. The number of thiazole rings is 1. The summed E-state index contributed by atoms with van der Waals surface area (Å²) >= 11 is 1.12. The molecule has 0 atom stereocenters. The molecule has 0 aliphatic carbocycles. The van der Waals surface area contributed by atoms with Crippen molar-refractivity contribution in [3.63, 3.8) is 0 Å². The largest absolute Gasteiger partial charge is 0.468 e. The van der Waals surface area contributed by atoms with E-state index in [1.165, 1.54) is 17.7 Å². The van der Waals surface area contributed by atoms with Crippen molar-refractivity contribution < 1.29 is 32.1 Å². The lowest BCUT2D eigenvalue weighted by atomic mass is 10.3. The molecule has 0 spiro atoms. The molecule has 1 aromatic carbocycles. The first-order chi connectivity index (χ1) is 14.7. The van der Waals surface area contributed by atoms with Crippen LogP contribution in [0, 0.1) is 6.92 Å². The molecule has 0 aliphatic rings. The number of carbonyl (C=O) groups excluding carboxylic acids is 3. The van der Waals surface area contributed by atoms with Gasteiger partial charge < -0.3 is 19.1 Å². The number of esters is 1. The van der Waals surface area contributed by atoms with E-state index in [9.17, 15) is 22.8 Å². The van der Waals surface area contributed by atoms with Gasteiger partial charge in [0.05, 0.1) is 17.3 Å². The molecule has 2 heterocycles. The molecule has 0 radical (unpaired) electrons. The fourth-order valence-electron chi connectivity index (χ4n) is 2.63. The first-order valence-corrected chi connectivity index (χ1v) is 11.5. The normalized spacial score (nSPS) is 12.1. The van der Waals surface area contributed by atoms with Gasteiger partial charge >= 0.3 is 5.97 Å². The summed E-state index contributed by atoms with van der Waals surface area (Å²) in [6, 6.07) is 8.49. The molecule has 0 aliphatic heterocycles. The second kappa shape index (κ2) is 9.22. The molecule has 3 aromatic rings. The van der Waals surface area contributed by atoms with Crippen molar-refractivity contribution in [2.24, 2.45) is 4.99 Å². The molecule has 31 heavy (non-hydrogen) atoms. The van der Waals surface area contributed by atoms with E-state index < -0.39 is 39.1 Å². The van der Waals surface area contributed by atoms with Crippen LogP contribution in [0.1, 0.15) is 5.76 Å². The van der Waals surface area contributed by atoms with Crippen molar-refractivity contribution in [1.29, 1.82) is 0 Å². The van der Waals surface area contributed by atoms with Crippen LogP contribution in [-0.4, -0.2) is 54.5 Å². The average molecular weight is 466 g/mol. The number of benzene rings is 1. The molecule has 0 fully saturated rings. The number of nitrogens with one attached hydrogen (secondary N) is 1. The molecule has 1 N–H and O–H groups in total. The Labute approximate surface area is 180 Å². The minimum atomic E-state index is -4.09. The molecular weight excluding hydrogens is 448 g/mol. The Balaban J connectivity index is 1.78. The van der Waals surface area contributed by atoms with Gasteiger partial charge in [-0.15, -0.1) is 0 Å². The van der Waals surface area contributed by atoms with Crippen LogP contribution in [0.25, 0.3) is 10.2 Å². The van der Waals surface area contributed by atoms with E-state index in [1.807, 2.05) is 0 Å². The van der Waals surface area contributed by atoms with Gasteiger partial charge in [0, 0.05) is 6.07 Å². The molecule has 13 heteroatoms. The van der Waals surface area contributed by atoms with Crippen molar-refractivity contribution >= 4 is 55.0 Å². The van der Waals surface area contributed by atoms with Crippen molar-refractivity contribution in [3.8, 4) is 0 Å². The van der Waals surface area contributed by atoms with E-state index in [4.69, 9.17) is 4.52 Å². The van der Waals surface area contributed by atoms with E-state index in [0.29, 0.717) is 11.3 Å². The number of rotatable bonds is 7. The summed E-state index contributed by atoms with van der Waals surface area (Å²) in [5.74, 6) is -3.75. The summed E-state index contributed by atoms with van der Waals surface area (Å²) in [5.41, 5.74) is 0.648. The first kappa shape index (κ1) is 22.4. The van der Waals surface area contributed by atoms with E-state index in [1.54, 1.807) is 31.2 Å². The van der Waals surface area contributed by atoms with Crippen LogP contribution >= 0.6 is 11.3 Å². The number of methoxy groups -OCH3 is 1. The van der Waals surface area contributed by atoms with Crippen molar-refractivity contribution in [2.45, 2.75) is 13.5 Å². The van der Waals surface area contributed by atoms with Gasteiger partial charge in [-0.3, -0.25) is 14.4 Å². The highest BCUT2D eigenvalue weighted by atomic mass is 32.2. The number of para-hydroxylation sites is 1. The number of anilines is 1. The lowest BCUT2D eigenvalue weighted by molar-refractivity contribution is -0.141. The fourth-order valence-corrected chi connectivity index (χ4v) is 4.70. The number of sulfone groups is 1. The number of aromatic nitrogens is 2. The zero-order valence-corrected chi connectivity index (χ0v) is 18.2. The van der Waals surface area contributed by atoms with E-state index >= 15 is 0 Å². The van der Waals surface area contributed by atoms with Gasteiger partial charge in [-0.2, -0.15) is 4.99 Å². The molecule has 0 saturated carbocycles. The van der Waals surface area contributed by atoms with Crippen LogP contribution in [0.3, 0.4) is 0 Å². The Morgan fingerprint density at radius 2 is 2.00 bits per heavy atom. The van der Waals surface area contributed by atoms with Gasteiger partial charge in [0.1, 0.15) is 23.8 Å². The number of hydrogen-bond acceptors (Lipinski definition) is 9. The number of carbonyl (C=O) groups is 3. The minimum Gasteiger partial charge on any atom is -0.468 e. The Morgan fingerprint density at radius 1 is 1.26 bits per heavy atom. The molecule has 0 saturated heterocycles. The van der Waals surface area contributed by atoms with E-state index in [2.05, 4.69) is 20.2 Å². The summed E-state index contributed by atoms with van der Waals surface area (Å²) < 4.78 is 36.2. The van der Waals surface area contributed by atoms with Gasteiger partial charge in [0.2, 0.25) is 5.91 Å². The highest BCUT2D eigenvalue weighted by Gasteiger charge is 2.22. The number of fused-ring (bicyclic) bond motifs is 1. The summed E-state index contributed by atoms with van der Waals surface area (Å²) in [4.78, 5) is 40.0. The standard InChI is InChI=1S/C18H18N4O7S2/c1-11-7-14(21-29-11)19-15(23)9-31(26,27)10-16(24)20-18-22(8-17(25)28-2)12-5-3-4-6-13(12)30-18/h3-7H,8-10H2,1-2H3,(H,19,21,23). The van der Waals surface area contributed by atoms with E-state index in [-0.39, 0.29) is 17.2 Å². The predicted molar refractivity (Wildman–Crippen MR) is 111 cm³/mol. The first-order valence-electron chi connectivity index (χ1n) is 8.83. The van der Waals surface area contributed by atoms with Crippen molar-refractivity contribution in [1.82, 2.24) is 9.72 Å². The third kappa shape index (κ3) is 5.86. The van der Waals surface area contributed by atoms with Gasteiger partial charge in [-0.1, -0.05) is 28.6 Å². The maximum absolute atomic E-state index is 12.3. The monoisotopic (exact) mass is 466 g/mol. The summed E-state index contributed by atoms with van der Waals surface area (Å²) in [6.45, 7) is 1.42. The number of ether oxygens (including phenoxy) is 1. The zero-order chi connectivity index (χ0) is 22.6. The maximum atomic E-state index is 12.3. The summed E-state index contributed by atoms with van der Waals surface area (Å²) in [5, 5.41) is 5.82. The second-order valence-electron chi connectivity index (χ2n) is 6.42. The van der Waals surface area contributed by atoms with Crippen molar-refractivity contribution in [3.05, 3.63) is 40.9 Å². The zero-order valence-electron chi connectivity index (χ0n) is 16.5. The highest BCUT2D eigenvalue weighted by molar-refractivity contribution is 7.92. The van der Waals surface area contributed by atoms with Crippen LogP contribution in [0.15, 0.2) is 39.8 Å². The number of aryl methyl sites for hydroxylation is 1. The van der Waals surface area contributed by atoms with Gasteiger partial charge in [0.25, 0.3) is 5.91 Å². The van der Waals surface area contributed by atoms with Gasteiger partial charge in [-0.05, 0) is 19.1 Å². The Morgan fingerprint density at radius 3 is 2.68 bits per heavy atom. The quantitative estimate of drug-likeness (QED) is 0.499. The minimum absolute atomic E-state index is 0.0721. The number of nitrogens with zero attached hydrogens (tertiary/aromatic N) is 3. The molecule has 3 rings (SSSR count). The average Bonchev–Trinajstić information content (AvgIpc) is 3.23. The Kier molecular flexibility index (Phi) is 6.65. The Bertz CT molecular complexity index is 1320. The maximum Gasteiger partial charge on any atom is 0.325 e. The van der Waals surface area contributed by atoms with Crippen LogP contribution in [0.4, 0.5) is 5.82 Å². The lowest BCUT2D eigenvalue weighted by Crippen LogP contribution is -2.28. The van der Waals surface area contributed by atoms with Crippen LogP contribution < -0.4 is 10.1 Å². The summed E-state index contributed by atoms with van der Waals surface area (Å²) in [7, 11) is -2.86. The Hall–Kier alpha value is -3.32. The lowest BCUT2D eigenvalue weighted by Gasteiger charge is -2.04. The molecule has 164 valence electrons. The van der Waals surface area contributed by atoms with Crippen molar-refractivity contribution in [2.75, 3.05) is 23.9 Å². The molecular formula is C18H18N4O7S2. The van der Waals surface area contributed by atoms with Crippen LogP contribution in [-0.2, 0) is 35.5 Å². The fraction of sp³-hybridized carbons (Fsp3) is 0.278. The molecule has 0 unspecified atom stereocenters. The molecule has 2 amide bonds. The van der Waals surface area contributed by atoms with Crippen LogP contribution in [0.2, 0.25) is 0 Å². The predicted octanol–water partition coefficient (Wildman–Crippen LogP) is 0.653. The number of amides is 2. The molecule has 2 aromatic heterocycles. The van der Waals surface area contributed by atoms with Gasteiger partial charge in [-0.25, -0.2) is 8.42 Å². The van der Waals surface area contributed by atoms with E-state index in [0.717, 1.165) is 16.0 Å². The number of hydrogen-bond donors (Lipinski definition) is 1. The molecule has 11 nitrogen and oxygen atoms in total. The highest BCUT2D eigenvalue weighted by Crippen LogP contribution is 2.16. The topological polar surface area (TPSA) is 150 Å². The third-order valence-electron chi connectivity index (χ3n) is 3.91. The summed E-state index contributed by atoms with van der Waals surface area (Å²) in [6.07, 6.45) is 0. The molecule has 0 bridgehead atoms.